The lowest BCUT2D eigenvalue weighted by Crippen LogP contribution is -2.33. The Morgan fingerprint density at radius 3 is 2.86 bits per heavy atom. The molecule has 0 amide bonds. The minimum atomic E-state index is -5.08. The van der Waals surface area contributed by atoms with Crippen LogP contribution in [0.4, 0.5) is 13.2 Å². The Kier molecular flexibility index (Phi) is 4.66. The molecule has 0 fully saturated rings. The van der Waals surface area contributed by atoms with Crippen molar-refractivity contribution in [1.29, 1.82) is 0 Å². The van der Waals surface area contributed by atoms with E-state index in [0.717, 1.165) is 24.8 Å². The zero-order valence-corrected chi connectivity index (χ0v) is 14.8. The summed E-state index contributed by atoms with van der Waals surface area (Å²) in [6.07, 6.45) is 8.99. The highest BCUT2D eigenvalue weighted by atomic mass is 19.4. The minimum absolute atomic E-state index is 0.0992. The van der Waals surface area contributed by atoms with Gasteiger partial charge in [-0.05, 0) is 49.8 Å². The molecule has 0 aliphatic heterocycles. The molecule has 0 N–H and O–H groups in total. The van der Waals surface area contributed by atoms with E-state index in [2.05, 4.69) is 21.0 Å². The molecule has 0 radical (unpaired) electrons. The Hall–Kier alpha value is -3.10. The summed E-state index contributed by atoms with van der Waals surface area (Å²) in [6, 6.07) is 3.24. The summed E-state index contributed by atoms with van der Waals surface area (Å²) in [4.78, 5) is 19.5. The van der Waals surface area contributed by atoms with Gasteiger partial charge in [-0.15, -0.1) is 0 Å². The molecule has 0 spiro atoms. The van der Waals surface area contributed by atoms with Gasteiger partial charge in [0.1, 0.15) is 0 Å². The first-order valence-corrected chi connectivity index (χ1v) is 8.89. The second-order valence-corrected chi connectivity index (χ2v) is 6.66. The molecule has 0 saturated heterocycles. The van der Waals surface area contributed by atoms with Crippen LogP contribution in [0.25, 0.3) is 16.7 Å². The number of pyridine rings is 1. The van der Waals surface area contributed by atoms with Crippen molar-refractivity contribution in [2.45, 2.75) is 38.3 Å². The molecular formula is C19H17F3N4O2. The van der Waals surface area contributed by atoms with Crippen molar-refractivity contribution in [3.05, 3.63) is 54.1 Å². The third-order valence-corrected chi connectivity index (χ3v) is 4.64. The summed E-state index contributed by atoms with van der Waals surface area (Å²) in [5.74, 6) is -2.31. The summed E-state index contributed by atoms with van der Waals surface area (Å²) in [7, 11) is 0. The van der Waals surface area contributed by atoms with E-state index in [9.17, 15) is 18.0 Å². The van der Waals surface area contributed by atoms with Crippen LogP contribution in [0, 0.1) is 0 Å². The maximum Gasteiger partial charge on any atom is 0.493 e. The van der Waals surface area contributed by atoms with E-state index in [0.29, 0.717) is 15.8 Å². The van der Waals surface area contributed by atoms with Gasteiger partial charge in [0, 0.05) is 24.0 Å². The molecule has 9 heteroatoms. The van der Waals surface area contributed by atoms with Crippen LogP contribution in [0.5, 0.6) is 0 Å². The highest BCUT2D eigenvalue weighted by Gasteiger charge is 2.42. The molecule has 0 atom stereocenters. The highest BCUT2D eigenvalue weighted by molar-refractivity contribution is 5.86. The van der Waals surface area contributed by atoms with Gasteiger partial charge in [-0.25, -0.2) is 14.5 Å². The predicted molar refractivity (Wildman–Crippen MR) is 94.8 cm³/mol. The van der Waals surface area contributed by atoms with Crippen LogP contribution in [0.3, 0.4) is 0 Å². The topological polar surface area (TPSA) is 61.9 Å². The van der Waals surface area contributed by atoms with E-state index < -0.39 is 12.1 Å². The van der Waals surface area contributed by atoms with Crippen molar-refractivity contribution in [2.24, 2.45) is 0 Å². The SMILES string of the molecule is O=C(On1ccc2c(-n3cc(CC4=CCCCC4)cn3)ccnc21)C(F)(F)F. The molecule has 0 bridgehead atoms. The van der Waals surface area contributed by atoms with E-state index in [4.69, 9.17) is 0 Å². The second kappa shape index (κ2) is 7.14. The highest BCUT2D eigenvalue weighted by Crippen LogP contribution is 2.24. The average molecular weight is 390 g/mol. The maximum atomic E-state index is 12.5. The monoisotopic (exact) mass is 390 g/mol. The second-order valence-electron chi connectivity index (χ2n) is 6.66. The molecule has 1 aliphatic rings. The van der Waals surface area contributed by atoms with Gasteiger partial charge in [-0.2, -0.15) is 23.0 Å². The van der Waals surface area contributed by atoms with E-state index in [1.807, 2.05) is 6.20 Å². The molecule has 146 valence electrons. The number of halogens is 3. The number of fused-ring (bicyclic) bond motifs is 1. The molecule has 0 saturated carbocycles. The zero-order valence-electron chi connectivity index (χ0n) is 14.8. The summed E-state index contributed by atoms with van der Waals surface area (Å²) >= 11 is 0. The van der Waals surface area contributed by atoms with Crippen molar-refractivity contribution in [2.75, 3.05) is 0 Å². The lowest BCUT2D eigenvalue weighted by Gasteiger charge is -2.11. The van der Waals surface area contributed by atoms with Crippen molar-refractivity contribution >= 4 is 17.0 Å². The normalized spacial score (nSPS) is 14.9. The van der Waals surface area contributed by atoms with Gasteiger partial charge in [0.2, 0.25) is 0 Å². The third-order valence-electron chi connectivity index (χ3n) is 4.64. The standard InChI is InChI=1S/C19H17F3N4O2/c20-19(21,22)18(27)28-26-9-7-15-16(6-8-23-17(15)26)25-12-14(11-24-25)10-13-4-2-1-3-5-13/h4,6-9,11-12H,1-3,5,10H2. The molecule has 6 nitrogen and oxygen atoms in total. The quantitative estimate of drug-likeness (QED) is 0.636. The third kappa shape index (κ3) is 3.64. The number of allylic oxidation sites excluding steroid dienone is 2. The number of hydrogen-bond acceptors (Lipinski definition) is 4. The number of hydrogen-bond donors (Lipinski definition) is 0. The first-order valence-electron chi connectivity index (χ1n) is 8.89. The number of aromatic nitrogens is 4. The van der Waals surface area contributed by atoms with Gasteiger partial charge in [0.05, 0.1) is 11.9 Å². The Morgan fingerprint density at radius 2 is 2.11 bits per heavy atom. The summed E-state index contributed by atoms with van der Waals surface area (Å²) < 4.78 is 39.7. The Labute approximate surface area is 158 Å². The maximum absolute atomic E-state index is 12.5. The van der Waals surface area contributed by atoms with Crippen molar-refractivity contribution < 1.29 is 22.8 Å². The Morgan fingerprint density at radius 1 is 1.25 bits per heavy atom. The smallest absolute Gasteiger partial charge is 0.326 e. The van der Waals surface area contributed by atoms with E-state index in [-0.39, 0.29) is 5.65 Å². The molecule has 0 aromatic carbocycles. The summed E-state index contributed by atoms with van der Waals surface area (Å²) in [6.45, 7) is 0. The van der Waals surface area contributed by atoms with Crippen molar-refractivity contribution in [3.8, 4) is 5.69 Å². The fourth-order valence-electron chi connectivity index (χ4n) is 3.33. The number of carbonyl (C=O) groups excluding carboxylic acids is 1. The molecule has 0 unspecified atom stereocenters. The van der Waals surface area contributed by atoms with Crippen molar-refractivity contribution in [1.82, 2.24) is 19.5 Å². The molecule has 1 aliphatic carbocycles. The van der Waals surface area contributed by atoms with Crippen LogP contribution in [0.15, 0.2) is 48.6 Å². The van der Waals surface area contributed by atoms with Crippen LogP contribution in [-0.4, -0.2) is 31.6 Å². The largest absolute Gasteiger partial charge is 0.493 e. The number of nitrogens with zero attached hydrogens (tertiary/aromatic N) is 4. The zero-order chi connectivity index (χ0) is 19.7. The fraction of sp³-hybridized carbons (Fsp3) is 0.316. The molecule has 3 heterocycles. The number of alkyl halides is 3. The number of rotatable bonds is 4. The van der Waals surface area contributed by atoms with E-state index in [1.54, 1.807) is 16.9 Å². The number of carbonyl (C=O) groups is 1. The van der Waals surface area contributed by atoms with E-state index in [1.165, 1.54) is 36.9 Å². The first kappa shape index (κ1) is 18.3. The first-order chi connectivity index (χ1) is 13.4. The average Bonchev–Trinajstić information content (AvgIpc) is 3.29. The molecule has 3 aromatic heterocycles. The van der Waals surface area contributed by atoms with Crippen LogP contribution in [-0.2, 0) is 11.2 Å². The molecule has 28 heavy (non-hydrogen) atoms. The molecular weight excluding hydrogens is 373 g/mol. The van der Waals surface area contributed by atoms with Gasteiger partial charge >= 0.3 is 12.1 Å². The Bertz CT molecular complexity index is 1050. The lowest BCUT2D eigenvalue weighted by atomic mass is 9.95. The van der Waals surface area contributed by atoms with Crippen LogP contribution in [0.1, 0.15) is 31.2 Å². The van der Waals surface area contributed by atoms with Gasteiger partial charge in [-0.3, -0.25) is 0 Å². The minimum Gasteiger partial charge on any atom is -0.326 e. The predicted octanol–water partition coefficient (Wildman–Crippen LogP) is 3.78. The van der Waals surface area contributed by atoms with Gasteiger partial charge < -0.3 is 4.84 Å². The summed E-state index contributed by atoms with van der Waals surface area (Å²) in [5.41, 5.74) is 3.19. The van der Waals surface area contributed by atoms with Crippen LogP contribution >= 0.6 is 0 Å². The lowest BCUT2D eigenvalue weighted by molar-refractivity contribution is -0.199. The summed E-state index contributed by atoms with van der Waals surface area (Å²) in [5, 5.41) is 4.89. The van der Waals surface area contributed by atoms with Crippen LogP contribution in [0.2, 0.25) is 0 Å². The molecule has 4 rings (SSSR count). The van der Waals surface area contributed by atoms with Gasteiger partial charge in [-0.1, -0.05) is 11.6 Å². The van der Waals surface area contributed by atoms with E-state index >= 15 is 0 Å². The molecule has 3 aromatic rings. The van der Waals surface area contributed by atoms with Crippen LogP contribution < -0.4 is 4.84 Å². The van der Waals surface area contributed by atoms with Gasteiger partial charge in [0.15, 0.2) is 5.65 Å². The van der Waals surface area contributed by atoms with Gasteiger partial charge in [0.25, 0.3) is 0 Å². The fourth-order valence-corrected chi connectivity index (χ4v) is 3.33. The Balaban J connectivity index is 1.61. The van der Waals surface area contributed by atoms with Crippen molar-refractivity contribution in [3.63, 3.8) is 0 Å².